The first-order valence-electron chi connectivity index (χ1n) is 5.60. The van der Waals surface area contributed by atoms with Crippen molar-refractivity contribution in [1.29, 1.82) is 0 Å². The zero-order chi connectivity index (χ0) is 13.9. The quantitative estimate of drug-likeness (QED) is 0.855. The molecule has 0 amide bonds. The maximum atomic E-state index is 12.6. The molecule has 0 saturated heterocycles. The van der Waals surface area contributed by atoms with E-state index in [1.807, 2.05) is 6.07 Å². The van der Waals surface area contributed by atoms with Crippen molar-refractivity contribution < 1.29 is 13.2 Å². The Labute approximate surface area is 108 Å². The maximum absolute atomic E-state index is 12.6. The highest BCUT2D eigenvalue weighted by Gasteiger charge is 2.30. The molecular formula is C13H12F3N3. The smallest absolute Gasteiger partial charge is 0.355 e. The molecule has 0 aliphatic carbocycles. The van der Waals surface area contributed by atoms with Crippen LogP contribution in [0.2, 0.25) is 0 Å². The molecule has 0 radical (unpaired) electrons. The average molecular weight is 267 g/mol. The van der Waals surface area contributed by atoms with E-state index in [-0.39, 0.29) is 5.82 Å². The van der Waals surface area contributed by atoms with Crippen LogP contribution in [-0.2, 0) is 12.7 Å². The van der Waals surface area contributed by atoms with Gasteiger partial charge in [-0.2, -0.15) is 13.2 Å². The van der Waals surface area contributed by atoms with Gasteiger partial charge in [0, 0.05) is 32.2 Å². The fourth-order valence-electron chi connectivity index (χ4n) is 1.65. The lowest BCUT2D eigenvalue weighted by atomic mass is 10.2. The molecule has 0 aromatic carbocycles. The van der Waals surface area contributed by atoms with Crippen molar-refractivity contribution in [1.82, 2.24) is 9.97 Å². The van der Waals surface area contributed by atoms with Gasteiger partial charge < -0.3 is 4.90 Å². The van der Waals surface area contributed by atoms with Crippen molar-refractivity contribution in [3.63, 3.8) is 0 Å². The number of alkyl halides is 3. The molecule has 2 heterocycles. The van der Waals surface area contributed by atoms with E-state index in [1.165, 1.54) is 0 Å². The Kier molecular flexibility index (Phi) is 3.69. The van der Waals surface area contributed by atoms with Gasteiger partial charge in [-0.25, -0.2) is 4.98 Å². The monoisotopic (exact) mass is 267 g/mol. The second-order valence-corrected chi connectivity index (χ2v) is 4.12. The number of pyridine rings is 2. The van der Waals surface area contributed by atoms with Crippen molar-refractivity contribution in [2.75, 3.05) is 11.9 Å². The second kappa shape index (κ2) is 5.26. The molecular weight excluding hydrogens is 255 g/mol. The van der Waals surface area contributed by atoms with Gasteiger partial charge in [0.25, 0.3) is 0 Å². The Morgan fingerprint density at radius 2 is 2.00 bits per heavy atom. The number of aromatic nitrogens is 2. The van der Waals surface area contributed by atoms with Crippen LogP contribution in [0.25, 0.3) is 0 Å². The van der Waals surface area contributed by atoms with E-state index in [2.05, 4.69) is 9.97 Å². The molecule has 0 fully saturated rings. The predicted molar refractivity (Wildman–Crippen MR) is 65.6 cm³/mol. The normalized spacial score (nSPS) is 11.4. The minimum Gasteiger partial charge on any atom is -0.355 e. The van der Waals surface area contributed by atoms with Gasteiger partial charge in [-0.15, -0.1) is 0 Å². The number of rotatable bonds is 3. The summed E-state index contributed by atoms with van der Waals surface area (Å²) >= 11 is 0. The van der Waals surface area contributed by atoms with E-state index in [4.69, 9.17) is 0 Å². The van der Waals surface area contributed by atoms with E-state index >= 15 is 0 Å². The lowest BCUT2D eigenvalue weighted by molar-refractivity contribution is -0.137. The lowest BCUT2D eigenvalue weighted by Crippen LogP contribution is -2.18. The van der Waals surface area contributed by atoms with Crippen LogP contribution in [0.15, 0.2) is 42.9 Å². The van der Waals surface area contributed by atoms with Crippen molar-refractivity contribution in [2.24, 2.45) is 0 Å². The highest BCUT2D eigenvalue weighted by Crippen LogP contribution is 2.30. The molecule has 0 atom stereocenters. The van der Waals surface area contributed by atoms with E-state index in [0.29, 0.717) is 6.54 Å². The molecule has 0 bridgehead atoms. The van der Waals surface area contributed by atoms with Gasteiger partial charge in [0.1, 0.15) is 5.82 Å². The first kappa shape index (κ1) is 13.3. The summed E-state index contributed by atoms with van der Waals surface area (Å²) in [5.74, 6) is 0.277. The molecule has 2 rings (SSSR count). The lowest BCUT2D eigenvalue weighted by Gasteiger charge is -2.19. The van der Waals surface area contributed by atoms with Crippen molar-refractivity contribution >= 4 is 5.82 Å². The van der Waals surface area contributed by atoms with Crippen LogP contribution in [0.1, 0.15) is 11.1 Å². The Morgan fingerprint density at radius 3 is 2.63 bits per heavy atom. The Bertz CT molecular complexity index is 540. The largest absolute Gasteiger partial charge is 0.416 e. The Morgan fingerprint density at radius 1 is 1.21 bits per heavy atom. The molecule has 6 heteroatoms. The van der Waals surface area contributed by atoms with Crippen LogP contribution in [0.4, 0.5) is 19.0 Å². The van der Waals surface area contributed by atoms with Gasteiger partial charge >= 0.3 is 6.18 Å². The van der Waals surface area contributed by atoms with Crippen molar-refractivity contribution in [2.45, 2.75) is 12.7 Å². The Balaban J connectivity index is 2.18. The van der Waals surface area contributed by atoms with Gasteiger partial charge in [0.05, 0.1) is 5.56 Å². The standard InChI is InChI=1S/C13H12F3N3/c1-19(9-10-3-2-5-17-8-10)12-7-11(4-6-18-12)13(14,15)16/h2-8H,9H2,1H3. The fraction of sp³-hybridized carbons (Fsp3) is 0.231. The van der Waals surface area contributed by atoms with Gasteiger partial charge in [0.2, 0.25) is 0 Å². The molecule has 0 spiro atoms. The third kappa shape index (κ3) is 3.43. The molecule has 0 aliphatic heterocycles. The number of halogens is 3. The number of anilines is 1. The Hall–Kier alpha value is -2.11. The summed E-state index contributed by atoms with van der Waals surface area (Å²) in [6.45, 7) is 0.447. The van der Waals surface area contributed by atoms with E-state index in [0.717, 1.165) is 23.9 Å². The number of hydrogen-bond donors (Lipinski definition) is 0. The molecule has 0 N–H and O–H groups in total. The summed E-state index contributed by atoms with van der Waals surface area (Å²) in [4.78, 5) is 9.56. The number of hydrogen-bond acceptors (Lipinski definition) is 3. The van der Waals surface area contributed by atoms with E-state index < -0.39 is 11.7 Å². The third-order valence-corrected chi connectivity index (χ3v) is 2.61. The van der Waals surface area contributed by atoms with E-state index in [9.17, 15) is 13.2 Å². The summed E-state index contributed by atoms with van der Waals surface area (Å²) in [5.41, 5.74) is 0.208. The zero-order valence-electron chi connectivity index (χ0n) is 10.2. The minimum absolute atomic E-state index is 0.277. The highest BCUT2D eigenvalue weighted by atomic mass is 19.4. The van der Waals surface area contributed by atoms with Crippen LogP contribution in [0.5, 0.6) is 0 Å². The summed E-state index contributed by atoms with van der Waals surface area (Å²) in [7, 11) is 1.69. The number of nitrogens with zero attached hydrogens (tertiary/aromatic N) is 3. The fourth-order valence-corrected chi connectivity index (χ4v) is 1.65. The zero-order valence-corrected chi connectivity index (χ0v) is 10.2. The van der Waals surface area contributed by atoms with Crippen molar-refractivity contribution in [3.05, 3.63) is 54.0 Å². The van der Waals surface area contributed by atoms with E-state index in [1.54, 1.807) is 30.4 Å². The maximum Gasteiger partial charge on any atom is 0.416 e. The third-order valence-electron chi connectivity index (χ3n) is 2.61. The molecule has 19 heavy (non-hydrogen) atoms. The van der Waals surface area contributed by atoms with Crippen LogP contribution >= 0.6 is 0 Å². The molecule has 0 unspecified atom stereocenters. The molecule has 3 nitrogen and oxygen atoms in total. The molecule has 0 saturated carbocycles. The second-order valence-electron chi connectivity index (χ2n) is 4.12. The van der Waals surface area contributed by atoms with Crippen LogP contribution in [0, 0.1) is 0 Å². The first-order valence-corrected chi connectivity index (χ1v) is 5.60. The molecule has 100 valence electrons. The van der Waals surface area contributed by atoms with Crippen LogP contribution < -0.4 is 4.90 Å². The average Bonchev–Trinajstić information content (AvgIpc) is 2.39. The molecule has 2 aromatic rings. The predicted octanol–water partition coefficient (Wildman–Crippen LogP) is 3.13. The summed E-state index contributed by atoms with van der Waals surface area (Å²) in [5, 5.41) is 0. The molecule has 2 aromatic heterocycles. The van der Waals surface area contributed by atoms with Crippen LogP contribution in [0.3, 0.4) is 0 Å². The summed E-state index contributed by atoms with van der Waals surface area (Å²) in [6, 6.07) is 5.64. The molecule has 0 aliphatic rings. The van der Waals surface area contributed by atoms with Gasteiger partial charge in [-0.1, -0.05) is 6.07 Å². The van der Waals surface area contributed by atoms with Crippen LogP contribution in [-0.4, -0.2) is 17.0 Å². The van der Waals surface area contributed by atoms with Crippen molar-refractivity contribution in [3.8, 4) is 0 Å². The van der Waals surface area contributed by atoms with Gasteiger partial charge in [0.15, 0.2) is 0 Å². The first-order chi connectivity index (χ1) is 8.97. The van der Waals surface area contributed by atoms with Gasteiger partial charge in [-0.05, 0) is 23.8 Å². The minimum atomic E-state index is -4.35. The summed E-state index contributed by atoms with van der Waals surface area (Å²) < 4.78 is 37.8. The SMILES string of the molecule is CN(Cc1cccnc1)c1cc(C(F)(F)F)ccn1. The van der Waals surface area contributed by atoms with Gasteiger partial charge in [-0.3, -0.25) is 4.98 Å². The summed E-state index contributed by atoms with van der Waals surface area (Å²) in [6.07, 6.45) is 0.126. The highest BCUT2D eigenvalue weighted by molar-refractivity contribution is 5.41. The topological polar surface area (TPSA) is 29.0 Å².